The van der Waals surface area contributed by atoms with Gasteiger partial charge in [-0.3, -0.25) is 4.40 Å². The van der Waals surface area contributed by atoms with Crippen LogP contribution in [0.15, 0.2) is 76.5 Å². The highest BCUT2D eigenvalue weighted by Crippen LogP contribution is 2.33. The molecule has 2 aromatic carbocycles. The molecule has 0 amide bonds. The molecule has 1 fully saturated rings. The largest absolute Gasteiger partial charge is 0.495 e. The predicted octanol–water partition coefficient (Wildman–Crippen LogP) is 5.45. The van der Waals surface area contributed by atoms with Crippen molar-refractivity contribution in [3.8, 4) is 28.4 Å². The number of anilines is 1. The van der Waals surface area contributed by atoms with Crippen LogP contribution in [-0.2, 0) is 11.0 Å². The van der Waals surface area contributed by atoms with E-state index in [-0.39, 0.29) is 11.9 Å². The Bertz CT molecular complexity index is 1660. The van der Waals surface area contributed by atoms with Crippen molar-refractivity contribution in [2.24, 2.45) is 0 Å². The lowest BCUT2D eigenvalue weighted by Gasteiger charge is -2.32. The second kappa shape index (κ2) is 10.8. The summed E-state index contributed by atoms with van der Waals surface area (Å²) in [5.41, 5.74) is 2.69. The van der Waals surface area contributed by atoms with Crippen LogP contribution in [0.3, 0.4) is 0 Å². The van der Waals surface area contributed by atoms with Crippen molar-refractivity contribution in [1.82, 2.24) is 23.7 Å². The minimum Gasteiger partial charge on any atom is -0.495 e. The summed E-state index contributed by atoms with van der Waals surface area (Å²) in [6.07, 6.45) is 6.70. The van der Waals surface area contributed by atoms with Crippen molar-refractivity contribution in [3.63, 3.8) is 0 Å². The van der Waals surface area contributed by atoms with Gasteiger partial charge in [-0.2, -0.15) is 4.98 Å². The van der Waals surface area contributed by atoms with Crippen molar-refractivity contribution in [1.29, 1.82) is 0 Å². The van der Waals surface area contributed by atoms with Crippen LogP contribution in [0.5, 0.6) is 5.75 Å². The van der Waals surface area contributed by atoms with Crippen LogP contribution in [0, 0.1) is 5.82 Å². The Labute approximate surface area is 231 Å². The lowest BCUT2D eigenvalue weighted by Crippen LogP contribution is -2.43. The number of fused-ring (bicyclic) bond motifs is 1. The zero-order valence-corrected chi connectivity index (χ0v) is 22.5. The molecule has 9 nitrogen and oxygen atoms in total. The molecule has 4 heterocycles. The molecule has 1 saturated heterocycles. The SMILES string of the molecule is COc1ccc(Cl)cc1S(=O)N1CCC[C@@H](Nc2nccc(-c3c(-c4ccc(F)cc4)nc4occn34)n2)C1. The fraction of sp³-hybridized carbons (Fsp3) is 0.222. The van der Waals surface area contributed by atoms with Crippen LogP contribution in [0.2, 0.25) is 5.02 Å². The van der Waals surface area contributed by atoms with Gasteiger partial charge in [0.1, 0.15) is 40.2 Å². The number of rotatable bonds is 7. The van der Waals surface area contributed by atoms with Crippen LogP contribution in [-0.4, -0.2) is 54.1 Å². The number of benzene rings is 2. The van der Waals surface area contributed by atoms with Crippen molar-refractivity contribution in [3.05, 3.63) is 78.0 Å². The summed E-state index contributed by atoms with van der Waals surface area (Å²) in [6, 6.07) is 13.0. The van der Waals surface area contributed by atoms with Gasteiger partial charge in [0.05, 0.1) is 17.7 Å². The maximum Gasteiger partial charge on any atom is 0.306 e. The second-order valence-corrected chi connectivity index (χ2v) is 10.9. The van der Waals surface area contributed by atoms with Crippen molar-refractivity contribution in [2.45, 2.75) is 23.8 Å². The lowest BCUT2D eigenvalue weighted by molar-refractivity contribution is 0.340. The van der Waals surface area contributed by atoms with E-state index in [9.17, 15) is 8.60 Å². The zero-order chi connectivity index (χ0) is 26.9. The molecule has 1 aliphatic heterocycles. The summed E-state index contributed by atoms with van der Waals surface area (Å²) in [5, 5.41) is 3.91. The first-order chi connectivity index (χ1) is 19.0. The molecule has 3 aromatic heterocycles. The molecule has 0 bridgehead atoms. The van der Waals surface area contributed by atoms with E-state index < -0.39 is 11.0 Å². The highest BCUT2D eigenvalue weighted by atomic mass is 35.5. The molecule has 1 unspecified atom stereocenters. The third kappa shape index (κ3) is 5.12. The first-order valence-electron chi connectivity index (χ1n) is 12.3. The van der Waals surface area contributed by atoms with Crippen LogP contribution >= 0.6 is 11.6 Å². The Hall–Kier alpha value is -3.80. The van der Waals surface area contributed by atoms with Gasteiger partial charge in [-0.1, -0.05) is 11.6 Å². The molecule has 1 N–H and O–H groups in total. The first kappa shape index (κ1) is 25.5. The average molecular weight is 567 g/mol. The van der Waals surface area contributed by atoms with E-state index in [1.54, 1.807) is 66.6 Å². The maximum absolute atomic E-state index is 13.6. The smallest absolute Gasteiger partial charge is 0.306 e. The molecule has 5 aromatic rings. The zero-order valence-electron chi connectivity index (χ0n) is 20.9. The number of piperidine rings is 1. The van der Waals surface area contributed by atoms with E-state index in [0.29, 0.717) is 57.6 Å². The van der Waals surface area contributed by atoms with E-state index in [4.69, 9.17) is 25.7 Å². The molecule has 0 spiro atoms. The summed E-state index contributed by atoms with van der Waals surface area (Å²) >= 11 is 6.17. The Morgan fingerprint density at radius 3 is 2.85 bits per heavy atom. The minimum atomic E-state index is -1.44. The molecule has 200 valence electrons. The van der Waals surface area contributed by atoms with Crippen molar-refractivity contribution >= 4 is 34.4 Å². The molecular weight excluding hydrogens is 543 g/mol. The van der Waals surface area contributed by atoms with Crippen molar-refractivity contribution < 1.29 is 17.8 Å². The van der Waals surface area contributed by atoms with Crippen LogP contribution in [0.4, 0.5) is 10.3 Å². The molecule has 12 heteroatoms. The number of hydrogen-bond acceptors (Lipinski definition) is 7. The van der Waals surface area contributed by atoms with Gasteiger partial charge in [0.25, 0.3) is 0 Å². The maximum atomic E-state index is 13.6. The first-order valence-corrected chi connectivity index (χ1v) is 13.8. The van der Waals surface area contributed by atoms with Gasteiger partial charge >= 0.3 is 5.84 Å². The summed E-state index contributed by atoms with van der Waals surface area (Å²) in [7, 11) is 0.108. The third-order valence-corrected chi connectivity index (χ3v) is 8.27. The molecule has 6 rings (SSSR count). The quantitative estimate of drug-likeness (QED) is 0.280. The second-order valence-electron chi connectivity index (χ2n) is 9.05. The monoisotopic (exact) mass is 566 g/mol. The lowest BCUT2D eigenvalue weighted by atomic mass is 10.1. The highest BCUT2D eigenvalue weighted by molar-refractivity contribution is 7.82. The number of methoxy groups -OCH3 is 1. The van der Waals surface area contributed by atoms with Gasteiger partial charge in [-0.05, 0) is 61.4 Å². The van der Waals surface area contributed by atoms with Gasteiger partial charge in [0, 0.05) is 42.1 Å². The summed E-state index contributed by atoms with van der Waals surface area (Å²) in [4.78, 5) is 14.4. The van der Waals surface area contributed by atoms with E-state index >= 15 is 0 Å². The summed E-state index contributed by atoms with van der Waals surface area (Å²) < 4.78 is 41.6. The van der Waals surface area contributed by atoms with Gasteiger partial charge < -0.3 is 14.5 Å². The number of nitrogens with one attached hydrogen (secondary N) is 1. The topological polar surface area (TPSA) is 97.8 Å². The Kier molecular flexibility index (Phi) is 7.03. The Balaban J connectivity index is 1.26. The standard InChI is InChI=1S/C27H24ClFN6O3S/c1-37-22-9-6-18(28)15-23(22)39(36)34-12-2-3-20(16-34)31-26-30-11-10-21(32-26)25-24(17-4-7-19(29)8-5-17)33-27-35(25)13-14-38-27/h4-11,13-15,20H,2-3,12,16H2,1H3,(H,30,31,32)/t20-,39?/m1/s1. The number of nitrogens with zero attached hydrogens (tertiary/aromatic N) is 5. The van der Waals surface area contributed by atoms with Gasteiger partial charge in [0.15, 0.2) is 0 Å². The Morgan fingerprint density at radius 2 is 2.03 bits per heavy atom. The molecule has 0 saturated carbocycles. The normalized spacial score (nSPS) is 16.8. The highest BCUT2D eigenvalue weighted by Gasteiger charge is 2.27. The molecule has 0 aliphatic carbocycles. The van der Waals surface area contributed by atoms with E-state index in [1.165, 1.54) is 12.1 Å². The third-order valence-electron chi connectivity index (χ3n) is 6.54. The van der Waals surface area contributed by atoms with Gasteiger partial charge in [0.2, 0.25) is 5.95 Å². The number of hydrogen-bond donors (Lipinski definition) is 1. The number of aromatic nitrogens is 4. The van der Waals surface area contributed by atoms with E-state index in [1.807, 2.05) is 4.31 Å². The predicted molar refractivity (Wildman–Crippen MR) is 147 cm³/mol. The number of imidazole rings is 1. The van der Waals surface area contributed by atoms with Gasteiger partial charge in [-0.15, -0.1) is 0 Å². The molecule has 1 aliphatic rings. The minimum absolute atomic E-state index is 0.0286. The van der Waals surface area contributed by atoms with Crippen LogP contribution in [0.25, 0.3) is 28.5 Å². The fourth-order valence-corrected chi connectivity index (χ4v) is 6.40. The van der Waals surface area contributed by atoms with Gasteiger partial charge in [-0.25, -0.2) is 22.9 Å². The van der Waals surface area contributed by atoms with Crippen molar-refractivity contribution in [2.75, 3.05) is 25.5 Å². The number of oxazole rings is 1. The van der Waals surface area contributed by atoms with E-state index in [2.05, 4.69) is 15.3 Å². The molecule has 2 atom stereocenters. The molecule has 0 radical (unpaired) electrons. The van der Waals surface area contributed by atoms with Crippen LogP contribution < -0.4 is 10.1 Å². The fourth-order valence-electron chi connectivity index (χ4n) is 4.72. The molecular formula is C27H24ClFN6O3S. The number of halogens is 2. The number of ether oxygens (including phenoxy) is 1. The molecule has 39 heavy (non-hydrogen) atoms. The van der Waals surface area contributed by atoms with Crippen LogP contribution in [0.1, 0.15) is 12.8 Å². The Morgan fingerprint density at radius 1 is 1.18 bits per heavy atom. The average Bonchev–Trinajstić information content (AvgIpc) is 3.55. The van der Waals surface area contributed by atoms with E-state index in [0.717, 1.165) is 18.4 Å². The summed E-state index contributed by atoms with van der Waals surface area (Å²) in [5.74, 6) is 1.05. The summed E-state index contributed by atoms with van der Waals surface area (Å²) in [6.45, 7) is 1.20.